The molecular weight excluding hydrogens is 263 g/mol. The van der Waals surface area contributed by atoms with E-state index in [1.165, 1.54) is 6.07 Å². The monoisotopic (exact) mass is 274 g/mol. The van der Waals surface area contributed by atoms with Crippen LogP contribution in [-0.2, 0) is 0 Å². The number of halogens is 1. The summed E-state index contributed by atoms with van der Waals surface area (Å²) in [6.07, 6.45) is 0. The molecule has 20 heavy (non-hydrogen) atoms. The normalized spacial score (nSPS) is 12.2. The van der Waals surface area contributed by atoms with Gasteiger partial charge in [-0.2, -0.15) is 0 Å². The highest BCUT2D eigenvalue weighted by Gasteiger charge is 2.15. The van der Waals surface area contributed by atoms with E-state index in [-0.39, 0.29) is 18.0 Å². The number of nitrogens with two attached hydrogens (primary N) is 1. The Labute approximate surface area is 114 Å². The summed E-state index contributed by atoms with van der Waals surface area (Å²) in [5, 5.41) is 2.65. The lowest BCUT2D eigenvalue weighted by molar-refractivity contribution is 0.102. The second-order valence-electron chi connectivity index (χ2n) is 4.30. The van der Waals surface area contributed by atoms with E-state index in [1.54, 1.807) is 18.2 Å². The minimum atomic E-state index is -0.555. The predicted octanol–water partition coefficient (Wildman–Crippen LogP) is 2.39. The first-order chi connectivity index (χ1) is 9.61. The number of rotatable bonds is 2. The van der Waals surface area contributed by atoms with Crippen molar-refractivity contribution in [3.8, 4) is 11.5 Å². The van der Waals surface area contributed by atoms with Gasteiger partial charge in [0.1, 0.15) is 5.82 Å². The Hall–Kier alpha value is -2.76. The number of hydrogen-bond acceptors (Lipinski definition) is 4. The van der Waals surface area contributed by atoms with Crippen LogP contribution in [0, 0.1) is 5.82 Å². The molecule has 2 aromatic rings. The van der Waals surface area contributed by atoms with Crippen LogP contribution in [0.5, 0.6) is 11.5 Å². The van der Waals surface area contributed by atoms with Crippen LogP contribution in [0.4, 0.5) is 15.8 Å². The van der Waals surface area contributed by atoms with Gasteiger partial charge in [-0.1, -0.05) is 0 Å². The highest BCUT2D eigenvalue weighted by molar-refractivity contribution is 6.04. The zero-order valence-corrected chi connectivity index (χ0v) is 10.4. The Morgan fingerprint density at radius 1 is 1.15 bits per heavy atom. The maximum atomic E-state index is 13.2. The molecule has 0 bridgehead atoms. The zero-order chi connectivity index (χ0) is 14.1. The van der Waals surface area contributed by atoms with E-state index in [0.29, 0.717) is 17.2 Å². The number of nitrogen functional groups attached to an aromatic ring is 1. The highest BCUT2D eigenvalue weighted by atomic mass is 19.1. The van der Waals surface area contributed by atoms with Gasteiger partial charge in [0.05, 0.1) is 0 Å². The summed E-state index contributed by atoms with van der Waals surface area (Å²) in [5.41, 5.74) is 6.39. The van der Waals surface area contributed by atoms with Gasteiger partial charge in [-0.3, -0.25) is 4.79 Å². The van der Waals surface area contributed by atoms with Crippen molar-refractivity contribution in [2.45, 2.75) is 0 Å². The molecule has 0 aromatic heterocycles. The minimum absolute atomic E-state index is 0.153. The molecule has 0 spiro atoms. The van der Waals surface area contributed by atoms with Crippen molar-refractivity contribution in [1.29, 1.82) is 0 Å². The fourth-order valence-corrected chi connectivity index (χ4v) is 1.92. The number of anilines is 2. The molecule has 0 fully saturated rings. The molecule has 1 aliphatic heterocycles. The number of amides is 1. The molecule has 0 unspecified atom stereocenters. The molecule has 1 aliphatic rings. The van der Waals surface area contributed by atoms with Crippen molar-refractivity contribution in [1.82, 2.24) is 0 Å². The molecule has 2 aromatic carbocycles. The molecule has 3 rings (SSSR count). The van der Waals surface area contributed by atoms with E-state index in [0.717, 1.165) is 12.1 Å². The largest absolute Gasteiger partial charge is 0.454 e. The van der Waals surface area contributed by atoms with Gasteiger partial charge in [0.2, 0.25) is 6.79 Å². The standard InChI is InChI=1S/C14H11FN2O3/c15-9-3-8(4-10(16)5-9)14(18)17-11-1-2-12-13(6-11)20-7-19-12/h1-6H,7,16H2,(H,17,18). The van der Waals surface area contributed by atoms with Crippen molar-refractivity contribution >= 4 is 17.3 Å². The van der Waals surface area contributed by atoms with E-state index in [1.807, 2.05) is 0 Å². The number of carbonyl (C=O) groups excluding carboxylic acids is 1. The molecule has 0 atom stereocenters. The quantitative estimate of drug-likeness (QED) is 0.825. The van der Waals surface area contributed by atoms with Gasteiger partial charge in [-0.25, -0.2) is 4.39 Å². The van der Waals surface area contributed by atoms with Gasteiger partial charge in [-0.05, 0) is 30.3 Å². The lowest BCUT2D eigenvalue weighted by atomic mass is 10.1. The highest BCUT2D eigenvalue weighted by Crippen LogP contribution is 2.34. The summed E-state index contributed by atoms with van der Waals surface area (Å²) in [7, 11) is 0. The molecule has 1 amide bonds. The third kappa shape index (κ3) is 2.35. The number of benzene rings is 2. The first-order valence-corrected chi connectivity index (χ1v) is 5.89. The van der Waals surface area contributed by atoms with Gasteiger partial charge in [0.15, 0.2) is 11.5 Å². The van der Waals surface area contributed by atoms with Crippen molar-refractivity contribution in [2.75, 3.05) is 17.8 Å². The molecule has 1 heterocycles. The van der Waals surface area contributed by atoms with Crippen LogP contribution in [0.15, 0.2) is 36.4 Å². The number of fused-ring (bicyclic) bond motifs is 1. The van der Waals surface area contributed by atoms with Crippen molar-refractivity contribution in [2.24, 2.45) is 0 Å². The van der Waals surface area contributed by atoms with Gasteiger partial charge in [0.25, 0.3) is 5.91 Å². The fraction of sp³-hybridized carbons (Fsp3) is 0.0714. The fourth-order valence-electron chi connectivity index (χ4n) is 1.92. The summed E-state index contributed by atoms with van der Waals surface area (Å²) < 4.78 is 23.6. The third-order valence-electron chi connectivity index (χ3n) is 2.81. The lowest BCUT2D eigenvalue weighted by Gasteiger charge is -2.07. The van der Waals surface area contributed by atoms with Crippen LogP contribution in [0.3, 0.4) is 0 Å². The molecule has 6 heteroatoms. The summed E-state index contributed by atoms with van der Waals surface area (Å²) in [6, 6.07) is 8.69. The van der Waals surface area contributed by atoms with Crippen LogP contribution in [0.2, 0.25) is 0 Å². The molecule has 0 saturated heterocycles. The van der Waals surface area contributed by atoms with Crippen LogP contribution in [0.25, 0.3) is 0 Å². The first-order valence-electron chi connectivity index (χ1n) is 5.89. The topological polar surface area (TPSA) is 73.6 Å². The number of hydrogen-bond donors (Lipinski definition) is 2. The summed E-state index contributed by atoms with van der Waals surface area (Å²) in [6.45, 7) is 0.160. The molecule has 3 N–H and O–H groups in total. The zero-order valence-electron chi connectivity index (χ0n) is 10.4. The SMILES string of the molecule is Nc1cc(F)cc(C(=O)Nc2ccc3c(c2)OCO3)c1. The van der Waals surface area contributed by atoms with E-state index in [4.69, 9.17) is 15.2 Å². The maximum absolute atomic E-state index is 13.2. The van der Waals surface area contributed by atoms with E-state index >= 15 is 0 Å². The van der Waals surface area contributed by atoms with Crippen molar-refractivity contribution in [3.63, 3.8) is 0 Å². The maximum Gasteiger partial charge on any atom is 0.255 e. The van der Waals surface area contributed by atoms with Crippen molar-refractivity contribution < 1.29 is 18.7 Å². The first kappa shape index (κ1) is 12.3. The molecular formula is C14H11FN2O3. The summed E-state index contributed by atoms with van der Waals surface area (Å²) in [4.78, 5) is 12.0. The van der Waals surface area contributed by atoms with Crippen molar-refractivity contribution in [3.05, 3.63) is 47.8 Å². The Morgan fingerprint density at radius 2 is 1.95 bits per heavy atom. The number of nitrogens with one attached hydrogen (secondary N) is 1. The van der Waals surface area contributed by atoms with Gasteiger partial charge in [0, 0.05) is 23.0 Å². The number of carbonyl (C=O) groups is 1. The van der Waals surface area contributed by atoms with Crippen LogP contribution >= 0.6 is 0 Å². The molecule has 0 aliphatic carbocycles. The van der Waals surface area contributed by atoms with Crippen LogP contribution in [-0.4, -0.2) is 12.7 Å². The lowest BCUT2D eigenvalue weighted by Crippen LogP contribution is -2.12. The molecule has 0 saturated carbocycles. The number of ether oxygens (including phenoxy) is 2. The third-order valence-corrected chi connectivity index (χ3v) is 2.81. The summed E-state index contributed by atoms with van der Waals surface area (Å²) in [5.74, 6) is 0.176. The minimum Gasteiger partial charge on any atom is -0.454 e. The Kier molecular flexibility index (Phi) is 2.90. The Balaban J connectivity index is 1.82. The second kappa shape index (κ2) is 4.73. The molecule has 0 radical (unpaired) electrons. The van der Waals surface area contributed by atoms with Gasteiger partial charge < -0.3 is 20.5 Å². The average molecular weight is 274 g/mol. The molecule has 5 nitrogen and oxygen atoms in total. The van der Waals surface area contributed by atoms with E-state index in [9.17, 15) is 9.18 Å². The van der Waals surface area contributed by atoms with Crippen LogP contribution < -0.4 is 20.5 Å². The van der Waals surface area contributed by atoms with Gasteiger partial charge >= 0.3 is 0 Å². The predicted molar refractivity (Wildman–Crippen MR) is 71.3 cm³/mol. The average Bonchev–Trinajstić information content (AvgIpc) is 2.85. The van der Waals surface area contributed by atoms with Crippen LogP contribution in [0.1, 0.15) is 10.4 Å². The Bertz CT molecular complexity index is 668. The smallest absolute Gasteiger partial charge is 0.255 e. The summed E-state index contributed by atoms with van der Waals surface area (Å²) >= 11 is 0. The van der Waals surface area contributed by atoms with Gasteiger partial charge in [-0.15, -0.1) is 0 Å². The molecule has 102 valence electrons. The second-order valence-corrected chi connectivity index (χ2v) is 4.30. The van der Waals surface area contributed by atoms with E-state index in [2.05, 4.69) is 5.32 Å². The Morgan fingerprint density at radius 3 is 2.75 bits per heavy atom. The van der Waals surface area contributed by atoms with E-state index < -0.39 is 11.7 Å².